The number of thiazole rings is 1. The van der Waals surface area contributed by atoms with Gasteiger partial charge in [-0.05, 0) is 35.1 Å². The van der Waals surface area contributed by atoms with Crippen molar-refractivity contribution in [1.29, 1.82) is 0 Å². The molecule has 2 heterocycles. The Morgan fingerprint density at radius 1 is 0.974 bits per heavy atom. The lowest BCUT2D eigenvalue weighted by Gasteiger charge is -2.25. The van der Waals surface area contributed by atoms with Gasteiger partial charge in [0.25, 0.3) is 5.56 Å². The maximum absolute atomic E-state index is 13.9. The average Bonchev–Trinajstić information content (AvgIpc) is 3.23. The van der Waals surface area contributed by atoms with Crippen LogP contribution in [0, 0.1) is 0 Å². The van der Waals surface area contributed by atoms with E-state index in [0.29, 0.717) is 20.6 Å². The van der Waals surface area contributed by atoms with Crippen molar-refractivity contribution in [3.05, 3.63) is 132 Å². The zero-order valence-electron chi connectivity index (χ0n) is 22.0. The number of esters is 1. The third-order valence-corrected chi connectivity index (χ3v) is 7.55. The van der Waals surface area contributed by atoms with Crippen molar-refractivity contribution in [1.82, 2.24) is 4.57 Å². The van der Waals surface area contributed by atoms with E-state index in [-0.39, 0.29) is 17.6 Å². The third kappa shape index (κ3) is 4.92. The second-order valence-corrected chi connectivity index (χ2v) is 11.2. The molecule has 0 spiro atoms. The summed E-state index contributed by atoms with van der Waals surface area (Å²) in [6, 6.07) is 26.8. The molecule has 0 fully saturated rings. The molecule has 0 N–H and O–H groups in total. The molecule has 6 heteroatoms. The molecule has 3 aromatic carbocycles. The minimum absolute atomic E-state index is 0.0465. The average molecular weight is 523 g/mol. The molecule has 1 atom stereocenters. The van der Waals surface area contributed by atoms with Crippen LogP contribution in [0.1, 0.15) is 56.0 Å². The Morgan fingerprint density at radius 3 is 2.21 bits per heavy atom. The number of hydrogen-bond acceptors (Lipinski definition) is 5. The van der Waals surface area contributed by atoms with Gasteiger partial charge in [0.2, 0.25) is 0 Å². The number of nitrogens with zero attached hydrogens (tertiary/aromatic N) is 2. The molecule has 0 amide bonds. The van der Waals surface area contributed by atoms with E-state index < -0.39 is 12.0 Å². The van der Waals surface area contributed by atoms with Crippen LogP contribution in [0.5, 0.6) is 0 Å². The van der Waals surface area contributed by atoms with Gasteiger partial charge in [-0.3, -0.25) is 9.36 Å². The van der Waals surface area contributed by atoms with E-state index in [0.717, 1.165) is 16.7 Å². The lowest BCUT2D eigenvalue weighted by Crippen LogP contribution is -2.39. The Labute approximate surface area is 226 Å². The Hall–Kier alpha value is -4.03. The van der Waals surface area contributed by atoms with Crippen LogP contribution in [0.2, 0.25) is 0 Å². The van der Waals surface area contributed by atoms with E-state index in [9.17, 15) is 9.59 Å². The van der Waals surface area contributed by atoms with Crippen LogP contribution >= 0.6 is 11.3 Å². The van der Waals surface area contributed by atoms with Crippen LogP contribution < -0.4 is 14.9 Å². The molecule has 0 bridgehead atoms. The highest BCUT2D eigenvalue weighted by atomic mass is 32.1. The van der Waals surface area contributed by atoms with E-state index in [2.05, 4.69) is 32.9 Å². The van der Waals surface area contributed by atoms with Gasteiger partial charge in [-0.1, -0.05) is 117 Å². The highest BCUT2D eigenvalue weighted by Crippen LogP contribution is 2.35. The first-order chi connectivity index (χ1) is 18.3. The summed E-state index contributed by atoms with van der Waals surface area (Å²) in [7, 11) is 0. The molecular weight excluding hydrogens is 492 g/mol. The van der Waals surface area contributed by atoms with Crippen molar-refractivity contribution in [2.75, 3.05) is 6.61 Å². The van der Waals surface area contributed by atoms with Gasteiger partial charge in [0.1, 0.15) is 0 Å². The smallest absolute Gasteiger partial charge is 0.338 e. The number of benzene rings is 3. The molecule has 192 valence electrons. The number of hydrogen-bond donors (Lipinski definition) is 0. The molecule has 4 aromatic rings. The summed E-state index contributed by atoms with van der Waals surface area (Å²) in [6.07, 6.45) is 1.90. The van der Waals surface area contributed by atoms with E-state index in [1.807, 2.05) is 78.9 Å². The van der Waals surface area contributed by atoms with Crippen LogP contribution in [-0.2, 0) is 14.9 Å². The van der Waals surface area contributed by atoms with Crippen molar-refractivity contribution >= 4 is 29.1 Å². The monoisotopic (exact) mass is 522 g/mol. The lowest BCUT2D eigenvalue weighted by molar-refractivity contribution is -0.138. The molecule has 38 heavy (non-hydrogen) atoms. The number of rotatable bonds is 5. The molecule has 0 saturated carbocycles. The van der Waals surface area contributed by atoms with Gasteiger partial charge >= 0.3 is 5.97 Å². The van der Waals surface area contributed by atoms with Crippen molar-refractivity contribution in [2.45, 2.75) is 39.2 Å². The second kappa shape index (κ2) is 10.4. The Balaban J connectivity index is 1.76. The van der Waals surface area contributed by atoms with Gasteiger partial charge in [0, 0.05) is 5.56 Å². The van der Waals surface area contributed by atoms with Crippen LogP contribution in [-0.4, -0.2) is 17.1 Å². The Morgan fingerprint density at radius 2 is 1.61 bits per heavy atom. The first-order valence-corrected chi connectivity index (χ1v) is 13.5. The quantitative estimate of drug-likeness (QED) is 0.337. The molecule has 1 aliphatic rings. The predicted molar refractivity (Wildman–Crippen MR) is 153 cm³/mol. The van der Waals surface area contributed by atoms with Crippen molar-refractivity contribution in [2.24, 2.45) is 4.99 Å². The zero-order valence-corrected chi connectivity index (χ0v) is 22.8. The molecule has 0 unspecified atom stereocenters. The highest BCUT2D eigenvalue weighted by molar-refractivity contribution is 7.07. The molecule has 0 saturated heterocycles. The fourth-order valence-corrected chi connectivity index (χ4v) is 5.62. The summed E-state index contributed by atoms with van der Waals surface area (Å²) >= 11 is 1.33. The van der Waals surface area contributed by atoms with Gasteiger partial charge in [-0.2, -0.15) is 0 Å². The van der Waals surface area contributed by atoms with Crippen LogP contribution in [0.25, 0.3) is 11.8 Å². The first-order valence-electron chi connectivity index (χ1n) is 12.7. The number of aromatic nitrogens is 1. The molecule has 5 nitrogen and oxygen atoms in total. The van der Waals surface area contributed by atoms with Gasteiger partial charge in [-0.15, -0.1) is 0 Å². The fourth-order valence-electron chi connectivity index (χ4n) is 4.62. The minimum atomic E-state index is -0.660. The van der Waals surface area contributed by atoms with Crippen LogP contribution in [0.15, 0.2) is 100 Å². The van der Waals surface area contributed by atoms with Crippen LogP contribution in [0.3, 0.4) is 0 Å². The topological polar surface area (TPSA) is 60.7 Å². The number of carbonyl (C=O) groups excluding carboxylic acids is 1. The van der Waals surface area contributed by atoms with Gasteiger partial charge in [0.05, 0.1) is 28.5 Å². The van der Waals surface area contributed by atoms with Crippen molar-refractivity contribution < 1.29 is 9.53 Å². The van der Waals surface area contributed by atoms with E-state index in [4.69, 9.17) is 9.73 Å². The van der Waals surface area contributed by atoms with E-state index in [1.165, 1.54) is 16.9 Å². The van der Waals surface area contributed by atoms with E-state index in [1.54, 1.807) is 11.5 Å². The Kier molecular flexibility index (Phi) is 7.00. The fraction of sp³-hybridized carbons (Fsp3) is 0.219. The molecule has 1 aliphatic heterocycles. The standard InChI is InChI=1S/C32H30N2O3S/c1-5-37-30(36)26-27(22-12-8-6-9-13-22)33-31-34(28(26)23-14-10-7-11-15-23)29(35)25(38-31)20-21-16-18-24(19-17-21)32(2,3)4/h6-20,28H,5H2,1-4H3/b25-20-/t28-/m0/s1. The molecule has 5 rings (SSSR count). The molecule has 0 aliphatic carbocycles. The van der Waals surface area contributed by atoms with Crippen LogP contribution in [0.4, 0.5) is 0 Å². The largest absolute Gasteiger partial charge is 0.463 e. The summed E-state index contributed by atoms with van der Waals surface area (Å²) in [4.78, 5) is 32.8. The first kappa shape index (κ1) is 25.6. The van der Waals surface area contributed by atoms with Gasteiger partial charge in [-0.25, -0.2) is 9.79 Å². The SMILES string of the molecule is CCOC(=O)C1=C(c2ccccc2)N=c2s/c(=C\c3ccc(C(C)(C)C)cc3)c(=O)n2[C@H]1c1ccccc1. The second-order valence-electron chi connectivity index (χ2n) is 10.2. The molecular formula is C32H30N2O3S. The summed E-state index contributed by atoms with van der Waals surface area (Å²) in [5.41, 5.74) is 4.53. The number of carbonyl (C=O) groups is 1. The Bertz CT molecular complexity index is 1670. The third-order valence-electron chi connectivity index (χ3n) is 6.56. The molecule has 0 radical (unpaired) electrons. The number of ether oxygens (including phenoxy) is 1. The maximum Gasteiger partial charge on any atom is 0.338 e. The maximum atomic E-state index is 13.9. The predicted octanol–water partition coefficient (Wildman–Crippen LogP) is 5.23. The zero-order chi connectivity index (χ0) is 26.9. The summed E-state index contributed by atoms with van der Waals surface area (Å²) in [5.74, 6) is -0.476. The van der Waals surface area contributed by atoms with Crippen molar-refractivity contribution in [3.8, 4) is 0 Å². The summed E-state index contributed by atoms with van der Waals surface area (Å²) in [6.45, 7) is 8.53. The van der Waals surface area contributed by atoms with Crippen molar-refractivity contribution in [3.63, 3.8) is 0 Å². The summed E-state index contributed by atoms with van der Waals surface area (Å²) < 4.78 is 7.70. The van der Waals surface area contributed by atoms with Gasteiger partial charge < -0.3 is 4.74 Å². The lowest BCUT2D eigenvalue weighted by atomic mass is 9.87. The van der Waals surface area contributed by atoms with E-state index >= 15 is 0 Å². The minimum Gasteiger partial charge on any atom is -0.463 e. The molecule has 1 aromatic heterocycles. The van der Waals surface area contributed by atoms with Gasteiger partial charge in [0.15, 0.2) is 4.80 Å². The normalized spacial score (nSPS) is 15.7. The number of fused-ring (bicyclic) bond motifs is 1. The summed E-state index contributed by atoms with van der Waals surface area (Å²) in [5, 5.41) is 0. The highest BCUT2D eigenvalue weighted by Gasteiger charge is 2.35.